The van der Waals surface area contributed by atoms with Gasteiger partial charge in [-0.05, 0) is 30.4 Å². The summed E-state index contributed by atoms with van der Waals surface area (Å²) in [6.45, 7) is 2.34. The third-order valence-electron chi connectivity index (χ3n) is 5.59. The fourth-order valence-corrected chi connectivity index (χ4v) is 4.18. The first-order chi connectivity index (χ1) is 12.1. The van der Waals surface area contributed by atoms with Crippen LogP contribution in [0.5, 0.6) is 0 Å². The number of fused-ring (bicyclic) bond motifs is 1. The lowest BCUT2D eigenvalue weighted by atomic mass is 9.90. The van der Waals surface area contributed by atoms with Gasteiger partial charge >= 0.3 is 0 Å². The molecule has 6 heteroatoms. The van der Waals surface area contributed by atoms with Crippen LogP contribution in [0.2, 0.25) is 0 Å². The highest BCUT2D eigenvalue weighted by molar-refractivity contribution is 5.74. The van der Waals surface area contributed by atoms with Crippen LogP contribution in [0.15, 0.2) is 28.8 Å². The summed E-state index contributed by atoms with van der Waals surface area (Å²) in [5.74, 6) is 1.24. The average molecular weight is 340 g/mol. The maximum atomic E-state index is 12.1. The Kier molecular flexibility index (Phi) is 4.07. The van der Waals surface area contributed by atoms with Gasteiger partial charge in [0, 0.05) is 13.5 Å². The Morgan fingerprint density at radius 3 is 2.88 bits per heavy atom. The predicted molar refractivity (Wildman–Crippen MR) is 92.6 cm³/mol. The van der Waals surface area contributed by atoms with Gasteiger partial charge in [-0.2, -0.15) is 4.98 Å². The van der Waals surface area contributed by atoms with Gasteiger partial charge in [0.15, 0.2) is 5.82 Å². The molecule has 6 nitrogen and oxygen atoms in total. The molecular weight excluding hydrogens is 316 g/mol. The topological polar surface area (TPSA) is 85.2 Å². The van der Waals surface area contributed by atoms with Crippen molar-refractivity contribution >= 4 is 5.91 Å². The summed E-state index contributed by atoms with van der Waals surface area (Å²) in [5.41, 5.74) is 8.44. The number of hydrogen-bond donors (Lipinski definition) is 1. The van der Waals surface area contributed by atoms with E-state index in [2.05, 4.69) is 22.3 Å². The molecule has 132 valence electrons. The van der Waals surface area contributed by atoms with Crippen molar-refractivity contribution in [3.63, 3.8) is 0 Å². The number of benzene rings is 1. The Labute approximate surface area is 147 Å². The van der Waals surface area contributed by atoms with E-state index in [9.17, 15) is 4.79 Å². The number of nitrogens with zero attached hydrogens (tertiary/aromatic N) is 3. The highest BCUT2D eigenvalue weighted by Crippen LogP contribution is 2.36. The van der Waals surface area contributed by atoms with Crippen molar-refractivity contribution < 1.29 is 9.32 Å². The van der Waals surface area contributed by atoms with Gasteiger partial charge in [-0.1, -0.05) is 42.3 Å². The Morgan fingerprint density at radius 1 is 1.36 bits per heavy atom. The first kappa shape index (κ1) is 16.3. The monoisotopic (exact) mass is 340 g/mol. The fourth-order valence-electron chi connectivity index (χ4n) is 4.18. The molecule has 1 aliphatic carbocycles. The zero-order valence-corrected chi connectivity index (χ0v) is 14.6. The molecule has 1 atom stereocenters. The molecule has 1 unspecified atom stereocenters. The summed E-state index contributed by atoms with van der Waals surface area (Å²) < 4.78 is 5.51. The van der Waals surface area contributed by atoms with Crippen LogP contribution in [-0.4, -0.2) is 27.5 Å². The summed E-state index contributed by atoms with van der Waals surface area (Å²) in [5, 5.41) is 4.15. The summed E-state index contributed by atoms with van der Waals surface area (Å²) in [6.07, 6.45) is 5.42. The molecule has 1 aliphatic heterocycles. The molecule has 0 saturated heterocycles. The van der Waals surface area contributed by atoms with Crippen LogP contribution < -0.4 is 5.73 Å². The molecule has 1 aromatic heterocycles. The maximum absolute atomic E-state index is 12.1. The van der Waals surface area contributed by atoms with E-state index in [0.29, 0.717) is 18.1 Å². The van der Waals surface area contributed by atoms with Crippen LogP contribution in [0.4, 0.5) is 0 Å². The molecule has 1 fully saturated rings. The third-order valence-corrected chi connectivity index (χ3v) is 5.59. The van der Waals surface area contributed by atoms with E-state index >= 15 is 0 Å². The number of aromatic nitrogens is 2. The number of hydrogen-bond acceptors (Lipinski definition) is 5. The number of amides is 1. The molecule has 1 saturated carbocycles. The number of rotatable bonds is 3. The average Bonchev–Trinajstić information content (AvgIpc) is 3.25. The Hall–Kier alpha value is -2.21. The summed E-state index contributed by atoms with van der Waals surface area (Å²) in [4.78, 5) is 18.6. The predicted octanol–water partition coefficient (Wildman–Crippen LogP) is 2.49. The van der Waals surface area contributed by atoms with Crippen molar-refractivity contribution in [3.8, 4) is 0 Å². The van der Waals surface area contributed by atoms with Crippen LogP contribution >= 0.6 is 0 Å². The molecule has 1 amide bonds. The van der Waals surface area contributed by atoms with E-state index in [-0.39, 0.29) is 11.9 Å². The lowest BCUT2D eigenvalue weighted by Gasteiger charge is -2.36. The van der Waals surface area contributed by atoms with E-state index < -0.39 is 5.54 Å². The van der Waals surface area contributed by atoms with E-state index in [0.717, 1.165) is 38.6 Å². The minimum absolute atomic E-state index is 0.0620. The van der Waals surface area contributed by atoms with Crippen molar-refractivity contribution in [3.05, 3.63) is 47.1 Å². The first-order valence-corrected chi connectivity index (χ1v) is 9.04. The van der Waals surface area contributed by atoms with E-state index in [1.54, 1.807) is 6.92 Å². The molecule has 2 N–H and O–H groups in total. The van der Waals surface area contributed by atoms with Crippen LogP contribution in [-0.2, 0) is 23.2 Å². The number of nitrogens with two attached hydrogens (primary N) is 1. The smallest absolute Gasteiger partial charge is 0.229 e. The van der Waals surface area contributed by atoms with E-state index in [4.69, 9.17) is 10.3 Å². The Morgan fingerprint density at radius 2 is 2.12 bits per heavy atom. The molecule has 4 rings (SSSR count). The Balaban J connectivity index is 1.62. The summed E-state index contributed by atoms with van der Waals surface area (Å²) >= 11 is 0. The summed E-state index contributed by atoms with van der Waals surface area (Å²) in [7, 11) is 0. The highest BCUT2D eigenvalue weighted by atomic mass is 16.5. The van der Waals surface area contributed by atoms with Gasteiger partial charge in [0.1, 0.15) is 0 Å². The highest BCUT2D eigenvalue weighted by Gasteiger charge is 2.37. The third kappa shape index (κ3) is 2.95. The second kappa shape index (κ2) is 6.26. The quantitative estimate of drug-likeness (QED) is 0.928. The Bertz CT molecular complexity index is 779. The number of carbonyl (C=O) groups is 1. The zero-order chi connectivity index (χ0) is 17.4. The largest absolute Gasteiger partial charge is 0.339 e. The van der Waals surface area contributed by atoms with Gasteiger partial charge in [-0.3, -0.25) is 4.79 Å². The number of carbonyl (C=O) groups excluding carboxylic acids is 1. The minimum atomic E-state index is -0.452. The fraction of sp³-hybridized carbons (Fsp3) is 0.526. The van der Waals surface area contributed by atoms with Crippen molar-refractivity contribution in [1.29, 1.82) is 0 Å². The lowest BCUT2D eigenvalue weighted by molar-refractivity contribution is -0.131. The van der Waals surface area contributed by atoms with Crippen LogP contribution in [0.25, 0.3) is 0 Å². The second-order valence-electron chi connectivity index (χ2n) is 7.26. The molecule has 2 heterocycles. The van der Waals surface area contributed by atoms with Crippen LogP contribution in [0.1, 0.15) is 61.5 Å². The molecule has 1 aromatic carbocycles. The second-order valence-corrected chi connectivity index (χ2v) is 7.26. The zero-order valence-electron chi connectivity index (χ0n) is 14.6. The molecule has 0 bridgehead atoms. The molecule has 2 aliphatic rings. The van der Waals surface area contributed by atoms with Gasteiger partial charge in [0.05, 0.1) is 18.0 Å². The molecule has 0 radical (unpaired) electrons. The lowest BCUT2D eigenvalue weighted by Crippen LogP contribution is -2.39. The van der Waals surface area contributed by atoms with Gasteiger partial charge in [0.2, 0.25) is 11.8 Å². The van der Waals surface area contributed by atoms with Crippen molar-refractivity contribution in [2.24, 2.45) is 5.73 Å². The maximum Gasteiger partial charge on any atom is 0.229 e. The molecule has 25 heavy (non-hydrogen) atoms. The summed E-state index contributed by atoms with van der Waals surface area (Å²) in [6, 6.07) is 8.22. The van der Waals surface area contributed by atoms with Crippen molar-refractivity contribution in [2.45, 2.75) is 57.0 Å². The van der Waals surface area contributed by atoms with Crippen LogP contribution in [0, 0.1) is 0 Å². The van der Waals surface area contributed by atoms with Gasteiger partial charge in [0.25, 0.3) is 0 Å². The van der Waals surface area contributed by atoms with Gasteiger partial charge < -0.3 is 15.2 Å². The molecule has 2 aromatic rings. The molecule has 0 spiro atoms. The van der Waals surface area contributed by atoms with E-state index in [1.807, 2.05) is 17.0 Å². The first-order valence-electron chi connectivity index (χ1n) is 9.04. The van der Waals surface area contributed by atoms with Gasteiger partial charge in [-0.25, -0.2) is 0 Å². The van der Waals surface area contributed by atoms with E-state index in [1.165, 1.54) is 11.1 Å². The van der Waals surface area contributed by atoms with Crippen LogP contribution in [0.3, 0.4) is 0 Å². The van der Waals surface area contributed by atoms with Gasteiger partial charge in [-0.15, -0.1) is 0 Å². The normalized spacial score (nSPS) is 22.0. The standard InChI is InChI=1S/C19H24N4O2/c1-13(24)23-11-8-14-6-2-3-7-15(14)16(23)12-17-21-18(22-25-17)19(20)9-4-5-10-19/h2-3,6-7,16H,4-5,8-12,20H2,1H3. The van der Waals surface area contributed by atoms with Crippen molar-refractivity contribution in [1.82, 2.24) is 15.0 Å². The van der Waals surface area contributed by atoms with Crippen molar-refractivity contribution in [2.75, 3.05) is 6.54 Å². The SMILES string of the molecule is CC(=O)N1CCc2ccccc2C1Cc1nc(C2(N)CCCC2)no1. The molecular formula is C19H24N4O2. The minimum Gasteiger partial charge on any atom is -0.339 e.